The normalized spacial score (nSPS) is 19.4. The number of nitrogens with one attached hydrogen (secondary N) is 2. The molecule has 18 heavy (non-hydrogen) atoms. The van der Waals surface area contributed by atoms with E-state index in [1.807, 2.05) is 0 Å². The first-order chi connectivity index (χ1) is 8.66. The number of nitro benzene ring substituents is 1. The molecule has 1 atom stereocenters. The molecule has 1 unspecified atom stereocenters. The molecule has 0 radical (unpaired) electrons. The number of rotatable bonds is 4. The molecule has 1 saturated heterocycles. The Morgan fingerprint density at radius 1 is 1.50 bits per heavy atom. The number of nitrogens with zero attached hydrogens (tertiary/aromatic N) is 1. The van der Waals surface area contributed by atoms with Crippen molar-refractivity contribution in [2.24, 2.45) is 0 Å². The molecule has 6 heteroatoms. The molecule has 1 fully saturated rings. The quantitative estimate of drug-likeness (QED) is 0.432. The van der Waals surface area contributed by atoms with Crippen molar-refractivity contribution >= 4 is 11.4 Å². The lowest BCUT2D eigenvalue weighted by Gasteiger charge is -2.24. The standard InChI is InChI=1S/C12H17N3O3/c16-10-4-5-11(12(7-10)15(17)18)14-8-9-3-1-2-6-13-9/h4-5,7,9,13-14,16H,1-3,6,8H2. The predicted molar refractivity (Wildman–Crippen MR) is 68.9 cm³/mol. The first-order valence-electron chi connectivity index (χ1n) is 6.11. The number of benzene rings is 1. The first kappa shape index (κ1) is 12.6. The molecule has 98 valence electrons. The van der Waals surface area contributed by atoms with E-state index in [4.69, 9.17) is 0 Å². The van der Waals surface area contributed by atoms with Gasteiger partial charge in [-0.3, -0.25) is 10.1 Å². The molecule has 0 saturated carbocycles. The summed E-state index contributed by atoms with van der Waals surface area (Å²) in [5.74, 6) is -0.0944. The number of piperidine rings is 1. The topological polar surface area (TPSA) is 87.4 Å². The van der Waals surface area contributed by atoms with Crippen LogP contribution in [-0.2, 0) is 0 Å². The van der Waals surface area contributed by atoms with E-state index in [0.717, 1.165) is 19.0 Å². The number of aromatic hydroxyl groups is 1. The summed E-state index contributed by atoms with van der Waals surface area (Å²) in [4.78, 5) is 10.4. The zero-order chi connectivity index (χ0) is 13.0. The van der Waals surface area contributed by atoms with Gasteiger partial charge in [-0.05, 0) is 31.5 Å². The summed E-state index contributed by atoms with van der Waals surface area (Å²) < 4.78 is 0. The Morgan fingerprint density at radius 2 is 2.33 bits per heavy atom. The van der Waals surface area contributed by atoms with E-state index in [2.05, 4.69) is 10.6 Å². The zero-order valence-electron chi connectivity index (χ0n) is 10.1. The van der Waals surface area contributed by atoms with Gasteiger partial charge in [0.1, 0.15) is 11.4 Å². The van der Waals surface area contributed by atoms with Gasteiger partial charge in [0.2, 0.25) is 0 Å². The number of hydrogen-bond donors (Lipinski definition) is 3. The average Bonchev–Trinajstić information content (AvgIpc) is 2.38. The zero-order valence-corrected chi connectivity index (χ0v) is 10.1. The number of phenols is 1. The molecule has 0 aliphatic carbocycles. The first-order valence-corrected chi connectivity index (χ1v) is 6.11. The molecule has 1 heterocycles. The van der Waals surface area contributed by atoms with Crippen molar-refractivity contribution in [2.45, 2.75) is 25.3 Å². The average molecular weight is 251 g/mol. The minimum absolute atomic E-state index is 0.0918. The molecule has 6 nitrogen and oxygen atoms in total. The lowest BCUT2D eigenvalue weighted by atomic mass is 10.1. The largest absolute Gasteiger partial charge is 0.508 e. The minimum atomic E-state index is -0.490. The molecule has 2 rings (SSSR count). The van der Waals surface area contributed by atoms with E-state index in [1.165, 1.54) is 25.0 Å². The highest BCUT2D eigenvalue weighted by Crippen LogP contribution is 2.28. The van der Waals surface area contributed by atoms with E-state index < -0.39 is 4.92 Å². The van der Waals surface area contributed by atoms with Crippen molar-refractivity contribution in [3.8, 4) is 5.75 Å². The van der Waals surface area contributed by atoms with Crippen LogP contribution in [0.3, 0.4) is 0 Å². The van der Waals surface area contributed by atoms with Crippen LogP contribution in [0.2, 0.25) is 0 Å². The predicted octanol–water partition coefficient (Wildman–Crippen LogP) is 1.85. The summed E-state index contributed by atoms with van der Waals surface area (Å²) in [5.41, 5.74) is 0.357. The molecule has 0 spiro atoms. The second-order valence-electron chi connectivity index (χ2n) is 4.49. The van der Waals surface area contributed by atoms with Crippen LogP contribution >= 0.6 is 0 Å². The third-order valence-corrected chi connectivity index (χ3v) is 3.13. The summed E-state index contributed by atoms with van der Waals surface area (Å²) in [7, 11) is 0. The van der Waals surface area contributed by atoms with E-state index in [9.17, 15) is 15.2 Å². The van der Waals surface area contributed by atoms with Crippen molar-refractivity contribution < 1.29 is 10.0 Å². The number of nitro groups is 1. The second-order valence-corrected chi connectivity index (χ2v) is 4.49. The van der Waals surface area contributed by atoms with Gasteiger partial charge in [-0.15, -0.1) is 0 Å². The fourth-order valence-corrected chi connectivity index (χ4v) is 2.15. The van der Waals surface area contributed by atoms with Gasteiger partial charge in [0.05, 0.1) is 11.0 Å². The Morgan fingerprint density at radius 3 is 3.00 bits per heavy atom. The Labute approximate surface area is 105 Å². The maximum atomic E-state index is 10.9. The lowest BCUT2D eigenvalue weighted by Crippen LogP contribution is -2.39. The monoisotopic (exact) mass is 251 g/mol. The van der Waals surface area contributed by atoms with Gasteiger partial charge < -0.3 is 15.7 Å². The van der Waals surface area contributed by atoms with Crippen molar-refractivity contribution in [1.82, 2.24) is 5.32 Å². The maximum Gasteiger partial charge on any atom is 0.296 e. The van der Waals surface area contributed by atoms with Gasteiger partial charge in [-0.25, -0.2) is 0 Å². The van der Waals surface area contributed by atoms with Crippen LogP contribution in [0.4, 0.5) is 11.4 Å². The Bertz CT molecular complexity index is 431. The van der Waals surface area contributed by atoms with Gasteiger partial charge in [0, 0.05) is 12.6 Å². The van der Waals surface area contributed by atoms with Gasteiger partial charge in [-0.1, -0.05) is 6.42 Å². The summed E-state index contributed by atoms with van der Waals surface area (Å²) in [6, 6.07) is 4.50. The molecule has 3 N–H and O–H groups in total. The van der Waals surface area contributed by atoms with Crippen molar-refractivity contribution in [3.05, 3.63) is 28.3 Å². The Kier molecular flexibility index (Phi) is 3.99. The summed E-state index contributed by atoms with van der Waals surface area (Å²) in [5, 5.41) is 26.6. The summed E-state index contributed by atoms with van der Waals surface area (Å²) in [6.07, 6.45) is 3.46. The van der Waals surface area contributed by atoms with Crippen LogP contribution in [0.1, 0.15) is 19.3 Å². The van der Waals surface area contributed by atoms with Crippen molar-refractivity contribution in [1.29, 1.82) is 0 Å². The van der Waals surface area contributed by atoms with E-state index in [-0.39, 0.29) is 11.4 Å². The van der Waals surface area contributed by atoms with E-state index in [0.29, 0.717) is 18.3 Å². The molecule has 1 aliphatic heterocycles. The number of hydrogen-bond acceptors (Lipinski definition) is 5. The summed E-state index contributed by atoms with van der Waals surface area (Å²) >= 11 is 0. The minimum Gasteiger partial charge on any atom is -0.508 e. The van der Waals surface area contributed by atoms with Gasteiger partial charge in [0.15, 0.2) is 0 Å². The molecular weight excluding hydrogens is 234 g/mol. The van der Waals surface area contributed by atoms with Crippen molar-refractivity contribution in [3.63, 3.8) is 0 Å². The third-order valence-electron chi connectivity index (χ3n) is 3.13. The van der Waals surface area contributed by atoms with E-state index in [1.54, 1.807) is 0 Å². The molecule has 0 aromatic heterocycles. The smallest absolute Gasteiger partial charge is 0.296 e. The lowest BCUT2D eigenvalue weighted by molar-refractivity contribution is -0.384. The van der Waals surface area contributed by atoms with Crippen LogP contribution < -0.4 is 10.6 Å². The molecule has 0 bridgehead atoms. The Hall–Kier alpha value is -1.82. The fraction of sp³-hybridized carbons (Fsp3) is 0.500. The highest BCUT2D eigenvalue weighted by atomic mass is 16.6. The van der Waals surface area contributed by atoms with E-state index >= 15 is 0 Å². The molecular formula is C12H17N3O3. The van der Waals surface area contributed by atoms with Crippen LogP contribution in [-0.4, -0.2) is 29.2 Å². The third kappa shape index (κ3) is 3.10. The molecule has 1 aromatic carbocycles. The van der Waals surface area contributed by atoms with Crippen LogP contribution in [0, 0.1) is 10.1 Å². The SMILES string of the molecule is O=[N+]([O-])c1cc(O)ccc1NCC1CCCCN1. The highest BCUT2D eigenvalue weighted by molar-refractivity contribution is 5.63. The Balaban J connectivity index is 2.01. The van der Waals surface area contributed by atoms with Crippen LogP contribution in [0.15, 0.2) is 18.2 Å². The fourth-order valence-electron chi connectivity index (χ4n) is 2.15. The van der Waals surface area contributed by atoms with Crippen LogP contribution in [0.5, 0.6) is 5.75 Å². The second kappa shape index (κ2) is 5.68. The maximum absolute atomic E-state index is 10.9. The van der Waals surface area contributed by atoms with Gasteiger partial charge in [0.25, 0.3) is 5.69 Å². The van der Waals surface area contributed by atoms with Gasteiger partial charge >= 0.3 is 0 Å². The number of phenolic OH excluding ortho intramolecular Hbond substituents is 1. The molecule has 1 aromatic rings. The molecule has 1 aliphatic rings. The van der Waals surface area contributed by atoms with Gasteiger partial charge in [-0.2, -0.15) is 0 Å². The van der Waals surface area contributed by atoms with Crippen molar-refractivity contribution in [2.75, 3.05) is 18.4 Å². The highest BCUT2D eigenvalue weighted by Gasteiger charge is 2.17. The van der Waals surface area contributed by atoms with Crippen LogP contribution in [0.25, 0.3) is 0 Å². The number of anilines is 1. The summed E-state index contributed by atoms with van der Waals surface area (Å²) in [6.45, 7) is 1.66. The molecule has 0 amide bonds.